The van der Waals surface area contributed by atoms with Crippen molar-refractivity contribution in [2.45, 2.75) is 20.0 Å². The van der Waals surface area contributed by atoms with Gasteiger partial charge in [-0.3, -0.25) is 14.9 Å². The molecule has 0 saturated heterocycles. The van der Waals surface area contributed by atoms with Gasteiger partial charge < -0.3 is 4.90 Å². The number of hydrogen-bond acceptors (Lipinski definition) is 5. The maximum absolute atomic E-state index is 11.3. The van der Waals surface area contributed by atoms with Crippen molar-refractivity contribution < 1.29 is 4.79 Å². The van der Waals surface area contributed by atoms with Gasteiger partial charge in [-0.05, 0) is 25.1 Å². The molecule has 0 spiro atoms. The lowest BCUT2D eigenvalue weighted by Crippen LogP contribution is -2.30. The van der Waals surface area contributed by atoms with Crippen molar-refractivity contribution in [3.05, 3.63) is 47.3 Å². The van der Waals surface area contributed by atoms with E-state index in [0.29, 0.717) is 6.54 Å². The van der Waals surface area contributed by atoms with Crippen LogP contribution in [-0.2, 0) is 13.1 Å². The number of carbonyl (C=O) groups is 1. The summed E-state index contributed by atoms with van der Waals surface area (Å²) in [4.78, 5) is 13.5. The molecule has 1 aromatic heterocycles. The van der Waals surface area contributed by atoms with Crippen LogP contribution in [-0.4, -0.2) is 39.4 Å². The lowest BCUT2D eigenvalue weighted by molar-refractivity contribution is 0.0948. The van der Waals surface area contributed by atoms with E-state index in [1.165, 1.54) is 11.1 Å². The zero-order valence-electron chi connectivity index (χ0n) is 12.3. The van der Waals surface area contributed by atoms with Crippen molar-refractivity contribution in [2.75, 3.05) is 13.6 Å². The Bertz CT molecular complexity index is 609. The fraction of sp³-hybridized carbons (Fsp3) is 0.357. The van der Waals surface area contributed by atoms with Gasteiger partial charge in [0, 0.05) is 13.1 Å². The molecule has 1 aromatic carbocycles. The fourth-order valence-corrected chi connectivity index (χ4v) is 2.02. The minimum atomic E-state index is -0.436. The van der Waals surface area contributed by atoms with Crippen LogP contribution in [0.3, 0.4) is 0 Å². The van der Waals surface area contributed by atoms with E-state index in [0.717, 1.165) is 13.1 Å². The van der Waals surface area contributed by atoms with E-state index in [4.69, 9.17) is 5.84 Å². The normalized spacial score (nSPS) is 10.9. The van der Waals surface area contributed by atoms with Crippen LogP contribution in [0.5, 0.6) is 0 Å². The summed E-state index contributed by atoms with van der Waals surface area (Å²) >= 11 is 0. The summed E-state index contributed by atoms with van der Waals surface area (Å²) in [5.41, 5.74) is 4.85. The Hall–Kier alpha value is -2.25. The molecule has 7 heteroatoms. The molecule has 0 radical (unpaired) electrons. The average molecular weight is 288 g/mol. The Morgan fingerprint density at radius 3 is 2.90 bits per heavy atom. The van der Waals surface area contributed by atoms with E-state index in [-0.39, 0.29) is 5.69 Å². The van der Waals surface area contributed by atoms with E-state index < -0.39 is 5.91 Å². The summed E-state index contributed by atoms with van der Waals surface area (Å²) in [7, 11) is 2.05. The quantitative estimate of drug-likeness (QED) is 0.454. The second kappa shape index (κ2) is 6.96. The average Bonchev–Trinajstić information content (AvgIpc) is 2.96. The zero-order chi connectivity index (χ0) is 15.2. The summed E-state index contributed by atoms with van der Waals surface area (Å²) in [5, 5.41) is 7.67. The Balaban J connectivity index is 1.86. The number of amides is 1. The number of nitrogens with two attached hydrogens (primary N) is 1. The van der Waals surface area contributed by atoms with Gasteiger partial charge >= 0.3 is 0 Å². The number of hydrazine groups is 1. The van der Waals surface area contributed by atoms with Crippen molar-refractivity contribution >= 4 is 5.91 Å². The Morgan fingerprint density at radius 2 is 2.19 bits per heavy atom. The molecule has 0 saturated carbocycles. The molecular formula is C14H20N6O. The number of aromatic nitrogens is 3. The van der Waals surface area contributed by atoms with Gasteiger partial charge in [-0.25, -0.2) is 5.84 Å². The van der Waals surface area contributed by atoms with E-state index in [9.17, 15) is 4.79 Å². The van der Waals surface area contributed by atoms with Crippen molar-refractivity contribution in [2.24, 2.45) is 5.84 Å². The zero-order valence-corrected chi connectivity index (χ0v) is 12.3. The predicted octanol–water partition coefficient (Wildman–Crippen LogP) is 0.322. The van der Waals surface area contributed by atoms with Crippen molar-refractivity contribution in [3.63, 3.8) is 0 Å². The van der Waals surface area contributed by atoms with E-state index in [2.05, 4.69) is 41.3 Å². The largest absolute Gasteiger partial charge is 0.300 e. The first-order valence-corrected chi connectivity index (χ1v) is 6.74. The molecule has 2 rings (SSSR count). The van der Waals surface area contributed by atoms with Crippen LogP contribution < -0.4 is 11.3 Å². The molecule has 21 heavy (non-hydrogen) atoms. The molecule has 0 aliphatic rings. The van der Waals surface area contributed by atoms with Crippen LogP contribution in [0.15, 0.2) is 30.5 Å². The highest BCUT2D eigenvalue weighted by atomic mass is 16.2. The number of hydrogen-bond donors (Lipinski definition) is 2. The van der Waals surface area contributed by atoms with Gasteiger partial charge in [0.2, 0.25) is 0 Å². The molecule has 2 aromatic rings. The lowest BCUT2D eigenvalue weighted by Gasteiger charge is -2.17. The second-order valence-corrected chi connectivity index (χ2v) is 5.00. The number of likely N-dealkylation sites (N-methyl/N-ethyl adjacent to an activating group) is 1. The minimum Gasteiger partial charge on any atom is -0.300 e. The van der Waals surface area contributed by atoms with Gasteiger partial charge in [-0.15, -0.1) is 5.10 Å². The first-order valence-electron chi connectivity index (χ1n) is 6.74. The van der Waals surface area contributed by atoms with Gasteiger partial charge in [-0.1, -0.05) is 29.5 Å². The molecular weight excluding hydrogens is 268 g/mol. The topological polar surface area (TPSA) is 89.1 Å². The Labute approximate surface area is 123 Å². The van der Waals surface area contributed by atoms with Crippen LogP contribution >= 0.6 is 0 Å². The first kappa shape index (κ1) is 15.1. The Kier molecular flexibility index (Phi) is 5.02. The standard InChI is InChI=1S/C14H20N6O/c1-11-5-3-4-6-12(11)9-19(2)7-8-20-10-13(17-18-20)14(21)16-15/h3-6,10H,7-9,15H2,1-2H3,(H,16,21). The van der Waals surface area contributed by atoms with Crippen molar-refractivity contribution in [1.82, 2.24) is 25.3 Å². The first-order chi connectivity index (χ1) is 10.1. The van der Waals surface area contributed by atoms with Gasteiger partial charge in [0.05, 0.1) is 12.7 Å². The number of carbonyl (C=O) groups excluding carboxylic acids is 1. The van der Waals surface area contributed by atoms with Gasteiger partial charge in [-0.2, -0.15) is 0 Å². The van der Waals surface area contributed by atoms with Crippen LogP contribution in [0.2, 0.25) is 0 Å². The monoisotopic (exact) mass is 288 g/mol. The molecule has 3 N–H and O–H groups in total. The SMILES string of the molecule is Cc1ccccc1CN(C)CCn1cc(C(=O)NN)nn1. The molecule has 0 unspecified atom stereocenters. The maximum Gasteiger partial charge on any atom is 0.287 e. The third kappa shape index (κ3) is 4.11. The molecule has 7 nitrogen and oxygen atoms in total. The predicted molar refractivity (Wildman–Crippen MR) is 79.2 cm³/mol. The molecule has 1 amide bonds. The summed E-state index contributed by atoms with van der Waals surface area (Å²) in [6, 6.07) is 8.33. The molecule has 0 atom stereocenters. The number of nitrogens with one attached hydrogen (secondary N) is 1. The van der Waals surface area contributed by atoms with Crippen molar-refractivity contribution in [1.29, 1.82) is 0 Å². The molecule has 1 heterocycles. The van der Waals surface area contributed by atoms with E-state index in [1.54, 1.807) is 10.9 Å². The number of rotatable bonds is 6. The summed E-state index contributed by atoms with van der Waals surface area (Å²) < 4.78 is 1.64. The van der Waals surface area contributed by atoms with Gasteiger partial charge in [0.25, 0.3) is 5.91 Å². The third-order valence-electron chi connectivity index (χ3n) is 3.31. The summed E-state index contributed by atoms with van der Waals surface area (Å²) in [6.07, 6.45) is 1.59. The van der Waals surface area contributed by atoms with E-state index >= 15 is 0 Å². The minimum absolute atomic E-state index is 0.221. The number of aryl methyl sites for hydroxylation is 1. The number of benzene rings is 1. The molecule has 0 aliphatic carbocycles. The summed E-state index contributed by atoms with van der Waals surface area (Å²) in [6.45, 7) is 4.45. The van der Waals surface area contributed by atoms with Crippen LogP contribution in [0.1, 0.15) is 21.6 Å². The Morgan fingerprint density at radius 1 is 1.43 bits per heavy atom. The van der Waals surface area contributed by atoms with Crippen LogP contribution in [0, 0.1) is 6.92 Å². The number of nitrogen functional groups attached to an aromatic ring is 1. The van der Waals surface area contributed by atoms with Crippen LogP contribution in [0.25, 0.3) is 0 Å². The second-order valence-electron chi connectivity index (χ2n) is 5.00. The molecule has 0 fully saturated rings. The highest BCUT2D eigenvalue weighted by molar-refractivity contribution is 5.91. The van der Waals surface area contributed by atoms with E-state index in [1.807, 2.05) is 17.6 Å². The lowest BCUT2D eigenvalue weighted by atomic mass is 10.1. The van der Waals surface area contributed by atoms with Crippen molar-refractivity contribution in [3.8, 4) is 0 Å². The summed E-state index contributed by atoms with van der Waals surface area (Å²) in [5.74, 6) is 4.62. The van der Waals surface area contributed by atoms with Gasteiger partial charge in [0.15, 0.2) is 5.69 Å². The molecule has 112 valence electrons. The van der Waals surface area contributed by atoms with Gasteiger partial charge in [0.1, 0.15) is 0 Å². The molecule has 0 aliphatic heterocycles. The third-order valence-corrected chi connectivity index (χ3v) is 3.31. The van der Waals surface area contributed by atoms with Crippen LogP contribution in [0.4, 0.5) is 0 Å². The fourth-order valence-electron chi connectivity index (χ4n) is 2.02. The molecule has 0 bridgehead atoms. The smallest absolute Gasteiger partial charge is 0.287 e. The maximum atomic E-state index is 11.3. The highest BCUT2D eigenvalue weighted by Crippen LogP contribution is 2.09. The highest BCUT2D eigenvalue weighted by Gasteiger charge is 2.09. The number of nitrogens with zero attached hydrogens (tertiary/aromatic N) is 4.